The van der Waals surface area contributed by atoms with Crippen molar-refractivity contribution >= 4 is 57.2 Å². The van der Waals surface area contributed by atoms with E-state index in [4.69, 9.17) is 0 Å². The average molecular weight is 563 g/mol. The predicted molar refractivity (Wildman–Crippen MR) is 150 cm³/mol. The number of rotatable bonds is 7. The number of halogens is 1. The number of aromatic amines is 1. The number of H-pyrrole nitrogens is 1. The van der Waals surface area contributed by atoms with Gasteiger partial charge >= 0.3 is 57.1 Å². The van der Waals surface area contributed by atoms with Crippen LogP contribution in [0.5, 0.6) is 0 Å². The first-order chi connectivity index (χ1) is 19.0. The van der Waals surface area contributed by atoms with Crippen LogP contribution in [0.15, 0.2) is 93.2 Å². The SMILES string of the molecule is CCCc1c(Cc2ccc(-c3ccccc3-c3noc(=O)[nH]3)cc2F)c(=O)n(-c2ccccc2)c2ncnn12.[KH]. The van der Waals surface area contributed by atoms with Gasteiger partial charge in [-0.25, -0.2) is 18.3 Å². The number of aromatic nitrogens is 6. The molecule has 0 unspecified atom stereocenters. The zero-order valence-corrected chi connectivity index (χ0v) is 21.0. The summed E-state index contributed by atoms with van der Waals surface area (Å²) < 4.78 is 23.5. The molecule has 0 saturated heterocycles. The number of aryl methyl sites for hydroxylation is 1. The van der Waals surface area contributed by atoms with Crippen molar-refractivity contribution in [2.45, 2.75) is 26.2 Å². The third kappa shape index (κ3) is 5.18. The molecule has 0 radical (unpaired) electrons. The third-order valence-corrected chi connectivity index (χ3v) is 6.65. The van der Waals surface area contributed by atoms with E-state index < -0.39 is 11.6 Å². The Morgan fingerprint density at radius 2 is 1.73 bits per heavy atom. The van der Waals surface area contributed by atoms with Crippen molar-refractivity contribution in [1.82, 2.24) is 29.3 Å². The first kappa shape index (κ1) is 28.1. The zero-order chi connectivity index (χ0) is 26.9. The fourth-order valence-electron chi connectivity index (χ4n) is 4.87. The Balaban J connectivity index is 0.00000323. The maximum absolute atomic E-state index is 15.7. The van der Waals surface area contributed by atoms with Gasteiger partial charge in [-0.2, -0.15) is 10.1 Å². The van der Waals surface area contributed by atoms with Crippen LogP contribution in [-0.4, -0.2) is 80.7 Å². The van der Waals surface area contributed by atoms with E-state index in [0.717, 1.165) is 6.42 Å². The summed E-state index contributed by atoms with van der Waals surface area (Å²) in [6.45, 7) is 2.02. The summed E-state index contributed by atoms with van der Waals surface area (Å²) in [7, 11) is 0. The van der Waals surface area contributed by atoms with Crippen molar-refractivity contribution in [2.75, 3.05) is 0 Å². The first-order valence-electron chi connectivity index (χ1n) is 12.5. The molecule has 0 atom stereocenters. The Morgan fingerprint density at radius 1 is 0.975 bits per heavy atom. The molecule has 0 fully saturated rings. The van der Waals surface area contributed by atoms with Crippen molar-refractivity contribution in [3.8, 4) is 28.2 Å². The molecule has 11 heteroatoms. The number of nitrogens with one attached hydrogen (secondary N) is 1. The first-order valence-corrected chi connectivity index (χ1v) is 12.5. The van der Waals surface area contributed by atoms with Crippen LogP contribution in [0, 0.1) is 5.82 Å². The number of fused-ring (bicyclic) bond motifs is 1. The molecular formula is C29H24FKN6O3. The van der Waals surface area contributed by atoms with E-state index in [9.17, 15) is 9.59 Å². The monoisotopic (exact) mass is 562 g/mol. The van der Waals surface area contributed by atoms with E-state index in [1.165, 1.54) is 17.0 Å². The molecule has 3 aromatic heterocycles. The van der Waals surface area contributed by atoms with Crippen LogP contribution in [0.1, 0.15) is 30.2 Å². The van der Waals surface area contributed by atoms with Crippen molar-refractivity contribution in [3.05, 3.63) is 123 Å². The molecule has 6 rings (SSSR count). The second kappa shape index (κ2) is 11.9. The van der Waals surface area contributed by atoms with E-state index in [-0.39, 0.29) is 69.2 Å². The number of nitrogens with zero attached hydrogens (tertiary/aromatic N) is 5. The number of hydrogen-bond donors (Lipinski definition) is 1. The van der Waals surface area contributed by atoms with Crippen molar-refractivity contribution in [3.63, 3.8) is 0 Å². The molecule has 3 heterocycles. The van der Waals surface area contributed by atoms with E-state index in [1.54, 1.807) is 28.8 Å². The van der Waals surface area contributed by atoms with Gasteiger partial charge in [0.1, 0.15) is 12.1 Å². The summed E-state index contributed by atoms with van der Waals surface area (Å²) in [5.41, 5.74) is 3.82. The summed E-state index contributed by atoms with van der Waals surface area (Å²) in [5.74, 6) is -0.457. The number of para-hydroxylation sites is 1. The zero-order valence-electron chi connectivity index (χ0n) is 21.0. The van der Waals surface area contributed by atoms with Gasteiger partial charge in [0.25, 0.3) is 5.56 Å². The van der Waals surface area contributed by atoms with Crippen LogP contribution < -0.4 is 11.3 Å². The topological polar surface area (TPSA) is 111 Å². The molecule has 9 nitrogen and oxygen atoms in total. The quantitative estimate of drug-likeness (QED) is 0.295. The summed E-state index contributed by atoms with van der Waals surface area (Å²) >= 11 is 0. The Morgan fingerprint density at radius 3 is 2.42 bits per heavy atom. The van der Waals surface area contributed by atoms with Crippen LogP contribution in [0.4, 0.5) is 4.39 Å². The van der Waals surface area contributed by atoms with Gasteiger partial charge in [0, 0.05) is 17.5 Å². The van der Waals surface area contributed by atoms with Crippen molar-refractivity contribution in [1.29, 1.82) is 0 Å². The van der Waals surface area contributed by atoms with E-state index in [2.05, 4.69) is 24.7 Å². The van der Waals surface area contributed by atoms with E-state index in [1.807, 2.05) is 49.4 Å². The van der Waals surface area contributed by atoms with Gasteiger partial charge in [-0.05, 0) is 41.3 Å². The fraction of sp³-hybridized carbons (Fsp3) is 0.138. The molecular weight excluding hydrogens is 538 g/mol. The molecule has 0 aliphatic carbocycles. The van der Waals surface area contributed by atoms with Gasteiger partial charge in [-0.1, -0.05) is 73.1 Å². The molecule has 0 aliphatic rings. The van der Waals surface area contributed by atoms with Crippen molar-refractivity contribution < 1.29 is 8.91 Å². The normalized spacial score (nSPS) is 11.1. The van der Waals surface area contributed by atoms with Crippen LogP contribution in [0.3, 0.4) is 0 Å². The molecule has 0 saturated carbocycles. The summed E-state index contributed by atoms with van der Waals surface area (Å²) in [6.07, 6.45) is 2.87. The fourth-order valence-corrected chi connectivity index (χ4v) is 4.87. The Hall–Kier alpha value is -3.48. The molecule has 1 N–H and O–H groups in total. The summed E-state index contributed by atoms with van der Waals surface area (Å²) in [4.78, 5) is 32.3. The van der Waals surface area contributed by atoms with Crippen LogP contribution >= 0.6 is 0 Å². The van der Waals surface area contributed by atoms with E-state index >= 15 is 4.39 Å². The molecule has 0 amide bonds. The molecule has 0 bridgehead atoms. The van der Waals surface area contributed by atoms with E-state index in [0.29, 0.717) is 51.4 Å². The Labute approximate surface area is 270 Å². The minimum atomic E-state index is -0.672. The van der Waals surface area contributed by atoms with Gasteiger partial charge in [-0.3, -0.25) is 14.3 Å². The minimum absolute atomic E-state index is 0. The number of benzene rings is 3. The van der Waals surface area contributed by atoms with Gasteiger partial charge in [0.2, 0.25) is 5.78 Å². The van der Waals surface area contributed by atoms with Gasteiger partial charge < -0.3 is 0 Å². The molecule has 196 valence electrons. The standard InChI is InChI=1S/C29H23FN6O3.K.H/c1-2-8-25-23(27(37)35(20-9-4-3-5-10-20)28-31-17-32-36(25)28)15-19-14-13-18(16-24(19)30)21-11-6-7-12-22(21)26-33-29(38)39-34-26;;/h3-7,9-14,16-17H,2,8,15H2,1H3,(H,33,34,38);;. The maximum atomic E-state index is 15.7. The van der Waals surface area contributed by atoms with Gasteiger partial charge in [0.05, 0.1) is 11.4 Å². The van der Waals surface area contributed by atoms with Crippen LogP contribution in [0.2, 0.25) is 0 Å². The van der Waals surface area contributed by atoms with Crippen LogP contribution in [0.25, 0.3) is 34.0 Å². The Bertz CT molecular complexity index is 1930. The van der Waals surface area contributed by atoms with Gasteiger partial charge in [0.15, 0.2) is 5.82 Å². The molecule has 0 aliphatic heterocycles. The third-order valence-electron chi connectivity index (χ3n) is 6.65. The molecule has 6 aromatic rings. The molecule has 0 spiro atoms. The molecule has 40 heavy (non-hydrogen) atoms. The second-order valence-electron chi connectivity index (χ2n) is 9.10. The van der Waals surface area contributed by atoms with Crippen molar-refractivity contribution in [2.24, 2.45) is 0 Å². The number of hydrogen-bond acceptors (Lipinski definition) is 6. The Kier molecular flexibility index (Phi) is 8.38. The van der Waals surface area contributed by atoms with Crippen LogP contribution in [-0.2, 0) is 12.8 Å². The van der Waals surface area contributed by atoms with Gasteiger partial charge in [-0.15, -0.1) is 0 Å². The second-order valence-corrected chi connectivity index (χ2v) is 9.10. The predicted octanol–water partition coefficient (Wildman–Crippen LogP) is 3.92. The summed E-state index contributed by atoms with van der Waals surface area (Å²) in [6, 6.07) is 21.3. The summed E-state index contributed by atoms with van der Waals surface area (Å²) in [5, 5.41) is 8.17. The molecule has 3 aromatic carbocycles. The average Bonchev–Trinajstić information content (AvgIpc) is 3.61.